The van der Waals surface area contributed by atoms with E-state index in [0.29, 0.717) is 11.3 Å². The minimum absolute atomic E-state index is 0.543. The van der Waals surface area contributed by atoms with E-state index in [2.05, 4.69) is 4.18 Å². The lowest BCUT2D eigenvalue weighted by atomic mass is 10.1. The highest BCUT2D eigenvalue weighted by molar-refractivity contribution is 7.87. The highest BCUT2D eigenvalue weighted by Gasteiger charge is 2.30. The van der Waals surface area contributed by atoms with Gasteiger partial charge in [-0.2, -0.15) is 17.2 Å². The molecule has 0 saturated carbocycles. The number of hydrogen-bond acceptors (Lipinski definition) is 4. The maximum atomic E-state index is 13.7. The summed E-state index contributed by atoms with van der Waals surface area (Å²) < 4.78 is 101. The molecule has 0 unspecified atom stereocenters. The Morgan fingerprint density at radius 2 is 1.07 bits per heavy atom. The van der Waals surface area contributed by atoms with E-state index < -0.39 is 49.8 Å². The van der Waals surface area contributed by atoms with Crippen molar-refractivity contribution >= 4 is 10.1 Å². The number of hydrogen-bond donors (Lipinski definition) is 0. The largest absolute Gasteiger partial charge is 0.497 e. The molecule has 152 valence electrons. The van der Waals surface area contributed by atoms with Gasteiger partial charge in [-0.05, 0) is 35.4 Å². The lowest BCUT2D eigenvalue weighted by Gasteiger charge is -2.11. The van der Waals surface area contributed by atoms with Crippen molar-refractivity contribution in [1.29, 1.82) is 0 Å². The molecule has 3 aromatic carbocycles. The number of halogens is 5. The second-order valence-electron chi connectivity index (χ2n) is 5.69. The molecule has 0 spiro atoms. The third kappa shape index (κ3) is 3.88. The smallest absolute Gasteiger partial charge is 0.339 e. The molecule has 29 heavy (non-hydrogen) atoms. The molecule has 3 rings (SSSR count). The van der Waals surface area contributed by atoms with Crippen LogP contribution in [0, 0.1) is 29.1 Å². The van der Waals surface area contributed by atoms with Crippen LogP contribution >= 0.6 is 0 Å². The topological polar surface area (TPSA) is 52.6 Å². The van der Waals surface area contributed by atoms with Crippen LogP contribution in [0.3, 0.4) is 0 Å². The Morgan fingerprint density at radius 1 is 0.655 bits per heavy atom. The minimum Gasteiger partial charge on any atom is -0.497 e. The summed E-state index contributed by atoms with van der Waals surface area (Å²) in [7, 11) is -3.37. The number of ether oxygens (including phenoxy) is 1. The molecule has 0 aliphatic heterocycles. The minimum atomic E-state index is -4.87. The number of rotatable bonds is 5. The second-order valence-corrected chi connectivity index (χ2v) is 7.24. The molecule has 0 saturated heterocycles. The molecule has 0 atom stereocenters. The van der Waals surface area contributed by atoms with E-state index in [1.807, 2.05) is 0 Å². The third-order valence-electron chi connectivity index (χ3n) is 3.93. The molecule has 0 heterocycles. The van der Waals surface area contributed by atoms with E-state index >= 15 is 0 Å². The summed E-state index contributed by atoms with van der Waals surface area (Å²) in [6.45, 7) is 0. The molecule has 0 aromatic heterocycles. The van der Waals surface area contributed by atoms with Gasteiger partial charge in [-0.25, -0.2) is 13.2 Å². The first-order valence-corrected chi connectivity index (χ1v) is 9.27. The Kier molecular flexibility index (Phi) is 5.47. The predicted molar refractivity (Wildman–Crippen MR) is 92.5 cm³/mol. The van der Waals surface area contributed by atoms with Crippen LogP contribution in [0.15, 0.2) is 53.4 Å². The standard InChI is InChI=1S/C19H11F5O4S/c1-27-12-6-2-10(3-7-12)11-4-8-13(9-5-11)29(25,26)28-19-17(23)15(21)14(20)16(22)18(19)24/h2-9H,1H3. The summed E-state index contributed by atoms with van der Waals surface area (Å²) >= 11 is 0. The molecule has 0 aliphatic carbocycles. The fourth-order valence-electron chi connectivity index (χ4n) is 2.41. The van der Waals surface area contributed by atoms with Gasteiger partial charge in [0.05, 0.1) is 7.11 Å². The monoisotopic (exact) mass is 430 g/mol. The Hall–Kier alpha value is -3.14. The first-order valence-electron chi connectivity index (χ1n) is 7.86. The van der Waals surface area contributed by atoms with Crippen LogP contribution in [0.1, 0.15) is 0 Å². The maximum absolute atomic E-state index is 13.7. The first-order chi connectivity index (χ1) is 13.7. The van der Waals surface area contributed by atoms with E-state index in [1.54, 1.807) is 24.3 Å². The molecule has 4 nitrogen and oxygen atoms in total. The molecule has 0 aliphatic rings. The zero-order chi connectivity index (χ0) is 21.3. The summed E-state index contributed by atoms with van der Waals surface area (Å²) in [6, 6.07) is 11.7. The van der Waals surface area contributed by atoms with Gasteiger partial charge in [-0.3, -0.25) is 0 Å². The fourth-order valence-corrected chi connectivity index (χ4v) is 3.34. The van der Waals surface area contributed by atoms with Crippen molar-refractivity contribution in [3.8, 4) is 22.6 Å². The molecule has 0 radical (unpaired) electrons. The van der Waals surface area contributed by atoms with Crippen molar-refractivity contribution in [3.05, 3.63) is 77.6 Å². The third-order valence-corrected chi connectivity index (χ3v) is 5.16. The highest BCUT2D eigenvalue weighted by Crippen LogP contribution is 2.32. The summed E-state index contributed by atoms with van der Waals surface area (Å²) in [6.07, 6.45) is 0. The van der Waals surface area contributed by atoms with E-state index in [4.69, 9.17) is 4.74 Å². The summed E-state index contributed by atoms with van der Waals surface area (Å²) in [5.74, 6) is -13.1. The zero-order valence-corrected chi connectivity index (χ0v) is 15.4. The van der Waals surface area contributed by atoms with E-state index in [9.17, 15) is 30.4 Å². The summed E-state index contributed by atoms with van der Waals surface area (Å²) in [5.41, 5.74) is 1.32. The van der Waals surface area contributed by atoms with Gasteiger partial charge in [-0.1, -0.05) is 24.3 Å². The maximum Gasteiger partial charge on any atom is 0.339 e. The van der Waals surface area contributed by atoms with Gasteiger partial charge in [0.25, 0.3) is 0 Å². The van der Waals surface area contributed by atoms with Crippen molar-refractivity contribution in [3.63, 3.8) is 0 Å². The van der Waals surface area contributed by atoms with Gasteiger partial charge in [0.2, 0.25) is 34.8 Å². The Morgan fingerprint density at radius 3 is 1.52 bits per heavy atom. The molecular formula is C19H11F5O4S. The van der Waals surface area contributed by atoms with Crippen LogP contribution < -0.4 is 8.92 Å². The first kappa shape index (κ1) is 20.6. The van der Waals surface area contributed by atoms with E-state index in [1.165, 1.54) is 19.2 Å². The molecule has 10 heteroatoms. The molecule has 0 fully saturated rings. The highest BCUT2D eigenvalue weighted by atomic mass is 32.2. The van der Waals surface area contributed by atoms with Gasteiger partial charge in [0.1, 0.15) is 10.6 Å². The molecule has 3 aromatic rings. The predicted octanol–water partition coefficient (Wildman–Crippen LogP) is 4.83. The van der Waals surface area contributed by atoms with E-state index in [0.717, 1.165) is 17.7 Å². The quantitative estimate of drug-likeness (QED) is 0.252. The van der Waals surface area contributed by atoms with Crippen LogP contribution in [0.25, 0.3) is 11.1 Å². The van der Waals surface area contributed by atoms with Gasteiger partial charge < -0.3 is 8.92 Å². The van der Waals surface area contributed by atoms with Gasteiger partial charge >= 0.3 is 10.1 Å². The Labute approximate surface area is 162 Å². The fraction of sp³-hybridized carbons (Fsp3) is 0.0526. The van der Waals surface area contributed by atoms with Crippen molar-refractivity contribution < 1.29 is 39.3 Å². The van der Waals surface area contributed by atoms with Crippen LogP contribution in [0.4, 0.5) is 22.0 Å². The van der Waals surface area contributed by atoms with E-state index in [-0.39, 0.29) is 0 Å². The SMILES string of the molecule is COc1ccc(-c2ccc(S(=O)(=O)Oc3c(F)c(F)c(F)c(F)c3F)cc2)cc1. The van der Waals surface area contributed by atoms with Crippen LogP contribution in [0.5, 0.6) is 11.5 Å². The summed E-state index contributed by atoms with van der Waals surface area (Å²) in [4.78, 5) is -0.543. The van der Waals surface area contributed by atoms with Crippen LogP contribution in [0.2, 0.25) is 0 Å². The van der Waals surface area contributed by atoms with Gasteiger partial charge in [-0.15, -0.1) is 0 Å². The van der Waals surface area contributed by atoms with Crippen molar-refractivity contribution in [2.45, 2.75) is 4.90 Å². The Bertz CT molecular complexity index is 1130. The Balaban J connectivity index is 1.93. The average molecular weight is 430 g/mol. The lowest BCUT2D eigenvalue weighted by Crippen LogP contribution is -2.14. The van der Waals surface area contributed by atoms with Crippen molar-refractivity contribution in [2.24, 2.45) is 0 Å². The molecule has 0 N–H and O–H groups in total. The zero-order valence-electron chi connectivity index (χ0n) is 14.5. The normalized spacial score (nSPS) is 11.4. The van der Waals surface area contributed by atoms with Crippen molar-refractivity contribution in [2.75, 3.05) is 7.11 Å². The number of methoxy groups -OCH3 is 1. The molecular weight excluding hydrogens is 419 g/mol. The van der Waals surface area contributed by atoms with Crippen LogP contribution in [-0.4, -0.2) is 15.5 Å². The van der Waals surface area contributed by atoms with Crippen molar-refractivity contribution in [1.82, 2.24) is 0 Å². The summed E-state index contributed by atoms with van der Waals surface area (Å²) in [5, 5.41) is 0. The molecule has 0 amide bonds. The number of benzene rings is 3. The van der Waals surface area contributed by atoms with Gasteiger partial charge in [0, 0.05) is 0 Å². The average Bonchev–Trinajstić information content (AvgIpc) is 2.74. The second kappa shape index (κ2) is 7.70. The van der Waals surface area contributed by atoms with Crippen LogP contribution in [-0.2, 0) is 10.1 Å². The molecule has 0 bridgehead atoms. The van der Waals surface area contributed by atoms with Gasteiger partial charge in [0.15, 0.2) is 0 Å². The lowest BCUT2D eigenvalue weighted by molar-refractivity contribution is 0.346.